The summed E-state index contributed by atoms with van der Waals surface area (Å²) >= 11 is 6.84. The minimum atomic E-state index is -4.47. The van der Waals surface area contributed by atoms with Gasteiger partial charge in [0.1, 0.15) is 16.1 Å². The lowest BCUT2D eigenvalue weighted by molar-refractivity contribution is -0.137. The number of hydrogen-bond donors (Lipinski definition) is 2. The van der Waals surface area contributed by atoms with Crippen molar-refractivity contribution in [2.75, 3.05) is 11.9 Å². The number of benzene rings is 2. The minimum absolute atomic E-state index is 0.0259. The average molecular weight is 633 g/mol. The molecule has 0 aliphatic carbocycles. The molecule has 13 heteroatoms. The van der Waals surface area contributed by atoms with E-state index in [1.54, 1.807) is 18.2 Å². The molecule has 0 fully saturated rings. The molecular formula is C29H24ClF3N4O3S2. The molecule has 218 valence electrons. The Balaban J connectivity index is 1.36. The van der Waals surface area contributed by atoms with Crippen molar-refractivity contribution in [3.8, 4) is 11.3 Å². The standard InChI is InChI=1S/C29H24ClF3N4O3S2/c30-25-12-13-27(41-25)42(39,40)37-14-4-7-24(37)28(38)35-18-20-15-23(21-8-10-22(11-9-21)29(31,32)33)36-26(16-20)34-17-19-5-2-1-3-6-19/h1-13,15-16,24H,14,17-18H2,(H,34,36)(H,35,38). The first-order chi connectivity index (χ1) is 20.0. The lowest BCUT2D eigenvalue weighted by Gasteiger charge is -2.22. The summed E-state index contributed by atoms with van der Waals surface area (Å²) < 4.78 is 67.0. The number of aromatic nitrogens is 1. The summed E-state index contributed by atoms with van der Waals surface area (Å²) in [6.45, 7) is 0.511. The lowest BCUT2D eigenvalue weighted by Crippen LogP contribution is -2.45. The number of carbonyl (C=O) groups is 1. The molecule has 2 aromatic carbocycles. The van der Waals surface area contributed by atoms with Crippen molar-refractivity contribution in [3.05, 3.63) is 112 Å². The number of pyridine rings is 1. The quantitative estimate of drug-likeness (QED) is 0.210. The van der Waals surface area contributed by atoms with Crippen molar-refractivity contribution < 1.29 is 26.4 Å². The van der Waals surface area contributed by atoms with E-state index in [-0.39, 0.29) is 17.3 Å². The second-order valence-corrected chi connectivity index (χ2v) is 13.2. The van der Waals surface area contributed by atoms with E-state index in [1.807, 2.05) is 30.3 Å². The molecule has 0 saturated carbocycles. The monoisotopic (exact) mass is 632 g/mol. The first-order valence-corrected chi connectivity index (χ1v) is 15.3. The van der Waals surface area contributed by atoms with Gasteiger partial charge in [-0.2, -0.15) is 17.5 Å². The van der Waals surface area contributed by atoms with Gasteiger partial charge in [-0.1, -0.05) is 66.2 Å². The van der Waals surface area contributed by atoms with Crippen LogP contribution in [0.1, 0.15) is 16.7 Å². The number of rotatable bonds is 9. The van der Waals surface area contributed by atoms with E-state index in [0.717, 1.165) is 33.3 Å². The van der Waals surface area contributed by atoms with Gasteiger partial charge in [-0.3, -0.25) is 4.79 Å². The van der Waals surface area contributed by atoms with Crippen LogP contribution in [0.25, 0.3) is 11.3 Å². The molecule has 0 bridgehead atoms. The van der Waals surface area contributed by atoms with Crippen molar-refractivity contribution in [2.45, 2.75) is 29.5 Å². The summed E-state index contributed by atoms with van der Waals surface area (Å²) in [6, 6.07) is 19.5. The van der Waals surface area contributed by atoms with Crippen molar-refractivity contribution in [1.82, 2.24) is 14.6 Å². The van der Waals surface area contributed by atoms with Gasteiger partial charge in [0.2, 0.25) is 5.91 Å². The van der Waals surface area contributed by atoms with E-state index < -0.39 is 33.7 Å². The summed E-state index contributed by atoms with van der Waals surface area (Å²) in [4.78, 5) is 17.7. The number of thiophene rings is 1. The number of nitrogens with one attached hydrogen (secondary N) is 2. The van der Waals surface area contributed by atoms with E-state index in [2.05, 4.69) is 15.6 Å². The number of nitrogens with zero attached hydrogens (tertiary/aromatic N) is 2. The summed E-state index contributed by atoms with van der Waals surface area (Å²) in [5.74, 6) is -0.0679. The number of hydrogen-bond acceptors (Lipinski definition) is 6. The van der Waals surface area contributed by atoms with Crippen LogP contribution in [0.3, 0.4) is 0 Å². The second-order valence-electron chi connectivity index (χ2n) is 9.38. The maximum atomic E-state index is 13.2. The van der Waals surface area contributed by atoms with Gasteiger partial charge in [0.05, 0.1) is 15.6 Å². The first-order valence-electron chi connectivity index (χ1n) is 12.7. The molecule has 2 aromatic heterocycles. The SMILES string of the molecule is O=C(NCc1cc(NCc2ccccc2)nc(-c2ccc(C(F)(F)F)cc2)c1)C1C=CCN1S(=O)(=O)c1ccc(Cl)s1. The van der Waals surface area contributed by atoms with E-state index in [4.69, 9.17) is 11.6 Å². The fourth-order valence-electron chi connectivity index (χ4n) is 4.36. The van der Waals surface area contributed by atoms with Crippen LogP contribution in [-0.2, 0) is 34.1 Å². The molecule has 0 radical (unpaired) electrons. The Bertz CT molecular complexity index is 1710. The molecule has 0 saturated heterocycles. The fraction of sp³-hybridized carbons (Fsp3) is 0.172. The summed E-state index contributed by atoms with van der Waals surface area (Å²) in [7, 11) is -3.95. The molecule has 1 amide bonds. The minimum Gasteiger partial charge on any atom is -0.366 e. The Hall–Kier alpha value is -3.71. The maximum Gasteiger partial charge on any atom is 0.416 e. The third-order valence-electron chi connectivity index (χ3n) is 6.47. The zero-order chi connectivity index (χ0) is 29.9. The Morgan fingerprint density at radius 3 is 2.40 bits per heavy atom. The van der Waals surface area contributed by atoms with Crippen LogP contribution in [0.2, 0.25) is 4.34 Å². The van der Waals surface area contributed by atoms with Crippen LogP contribution < -0.4 is 10.6 Å². The smallest absolute Gasteiger partial charge is 0.366 e. The van der Waals surface area contributed by atoms with Gasteiger partial charge in [-0.25, -0.2) is 13.4 Å². The number of amides is 1. The molecular weight excluding hydrogens is 609 g/mol. The summed E-state index contributed by atoms with van der Waals surface area (Å²) in [6.07, 6.45) is -1.33. The average Bonchev–Trinajstić information content (AvgIpc) is 3.65. The largest absolute Gasteiger partial charge is 0.416 e. The van der Waals surface area contributed by atoms with Gasteiger partial charge in [0, 0.05) is 25.2 Å². The molecule has 1 atom stereocenters. The highest BCUT2D eigenvalue weighted by molar-refractivity contribution is 7.91. The Morgan fingerprint density at radius 1 is 1.00 bits per heavy atom. The van der Waals surface area contributed by atoms with Crippen LogP contribution >= 0.6 is 22.9 Å². The van der Waals surface area contributed by atoms with Crippen molar-refractivity contribution in [1.29, 1.82) is 0 Å². The van der Waals surface area contributed by atoms with Crippen molar-refractivity contribution in [3.63, 3.8) is 0 Å². The molecule has 3 heterocycles. The second kappa shape index (κ2) is 12.3. The van der Waals surface area contributed by atoms with Gasteiger partial charge >= 0.3 is 6.18 Å². The molecule has 1 aliphatic heterocycles. The third kappa shape index (κ3) is 6.84. The number of sulfonamides is 1. The maximum absolute atomic E-state index is 13.2. The van der Waals surface area contributed by atoms with Crippen LogP contribution in [0.5, 0.6) is 0 Å². The van der Waals surface area contributed by atoms with E-state index in [1.165, 1.54) is 30.3 Å². The molecule has 2 N–H and O–H groups in total. The molecule has 5 rings (SSSR count). The lowest BCUT2D eigenvalue weighted by atomic mass is 10.1. The van der Waals surface area contributed by atoms with Crippen molar-refractivity contribution in [2.24, 2.45) is 0 Å². The Morgan fingerprint density at radius 2 is 1.74 bits per heavy atom. The van der Waals surface area contributed by atoms with Crippen LogP contribution in [-0.4, -0.2) is 36.2 Å². The number of halogens is 4. The molecule has 42 heavy (non-hydrogen) atoms. The zero-order valence-corrected chi connectivity index (χ0v) is 24.2. The molecule has 4 aromatic rings. The predicted molar refractivity (Wildman–Crippen MR) is 156 cm³/mol. The fourth-order valence-corrected chi connectivity index (χ4v) is 7.47. The number of carbonyl (C=O) groups excluding carboxylic acids is 1. The van der Waals surface area contributed by atoms with E-state index in [9.17, 15) is 26.4 Å². The molecule has 1 unspecified atom stereocenters. The normalized spacial score (nSPS) is 15.6. The van der Waals surface area contributed by atoms with E-state index >= 15 is 0 Å². The van der Waals surface area contributed by atoms with Gasteiger partial charge in [-0.15, -0.1) is 11.3 Å². The predicted octanol–water partition coefficient (Wildman–Crippen LogP) is 6.34. The third-order valence-corrected chi connectivity index (χ3v) is 10.0. The van der Waals surface area contributed by atoms with Crippen LogP contribution in [0.15, 0.2) is 95.2 Å². The van der Waals surface area contributed by atoms with Gasteiger partial charge < -0.3 is 10.6 Å². The topological polar surface area (TPSA) is 91.4 Å². The van der Waals surface area contributed by atoms with Gasteiger partial charge in [-0.05, 0) is 47.5 Å². The Kier molecular flexibility index (Phi) is 8.69. The van der Waals surface area contributed by atoms with Gasteiger partial charge in [0.15, 0.2) is 0 Å². The number of alkyl halides is 3. The molecule has 7 nitrogen and oxygen atoms in total. The summed E-state index contributed by atoms with van der Waals surface area (Å²) in [5.41, 5.74) is 1.71. The van der Waals surface area contributed by atoms with E-state index in [0.29, 0.717) is 33.5 Å². The molecule has 0 spiro atoms. The van der Waals surface area contributed by atoms with Gasteiger partial charge in [0.25, 0.3) is 10.0 Å². The van der Waals surface area contributed by atoms with Crippen LogP contribution in [0, 0.1) is 0 Å². The first kappa shape index (κ1) is 29.8. The van der Waals surface area contributed by atoms with Crippen LogP contribution in [0.4, 0.5) is 19.0 Å². The van der Waals surface area contributed by atoms with Crippen molar-refractivity contribution >= 4 is 44.7 Å². The highest BCUT2D eigenvalue weighted by Crippen LogP contribution is 2.32. The number of anilines is 1. The highest BCUT2D eigenvalue weighted by atomic mass is 35.5. The molecule has 1 aliphatic rings. The summed E-state index contributed by atoms with van der Waals surface area (Å²) in [5, 5.41) is 6.01. The highest BCUT2D eigenvalue weighted by Gasteiger charge is 2.37. The zero-order valence-electron chi connectivity index (χ0n) is 21.8. The Labute approximate surface area is 249 Å².